The zero-order chi connectivity index (χ0) is 20.0. The minimum absolute atomic E-state index is 0.114. The van der Waals surface area contributed by atoms with Crippen LogP contribution in [0, 0.1) is 11.3 Å². The molecule has 4 nitrogen and oxygen atoms in total. The number of aromatic nitrogens is 2. The molecule has 7 heteroatoms. The third-order valence-corrected chi connectivity index (χ3v) is 6.11. The highest BCUT2D eigenvalue weighted by atomic mass is 19.4. The normalized spacial score (nSPS) is 20.9. The van der Waals surface area contributed by atoms with Crippen molar-refractivity contribution in [1.29, 1.82) is 0 Å². The second kappa shape index (κ2) is 6.58. The van der Waals surface area contributed by atoms with Gasteiger partial charge in [-0.15, -0.1) is 6.58 Å². The predicted molar refractivity (Wildman–Crippen MR) is 99.6 cm³/mol. The Bertz CT molecular complexity index is 839. The molecule has 0 amide bonds. The smallest absolute Gasteiger partial charge is 0.384 e. The zero-order valence-corrected chi connectivity index (χ0v) is 15.4. The summed E-state index contributed by atoms with van der Waals surface area (Å²) >= 11 is 0. The monoisotopic (exact) mass is 389 g/mol. The van der Waals surface area contributed by atoms with Crippen molar-refractivity contribution in [2.75, 3.05) is 18.0 Å². The van der Waals surface area contributed by atoms with Crippen LogP contribution >= 0.6 is 0 Å². The molecule has 1 N–H and O–H groups in total. The van der Waals surface area contributed by atoms with Gasteiger partial charge in [-0.05, 0) is 43.4 Å². The fourth-order valence-electron chi connectivity index (χ4n) is 4.63. The summed E-state index contributed by atoms with van der Waals surface area (Å²) in [5.41, 5.74) is -0.225. The Hall–Kier alpha value is -2.41. The molecule has 1 atom stereocenters. The molecule has 2 aliphatic rings. The van der Waals surface area contributed by atoms with E-state index in [1.807, 2.05) is 17.0 Å². The molecule has 4 rings (SSSR count). The van der Waals surface area contributed by atoms with Crippen LogP contribution in [0.25, 0.3) is 0 Å². The van der Waals surface area contributed by atoms with Gasteiger partial charge in [-0.25, -0.2) is 4.98 Å². The Morgan fingerprint density at radius 3 is 2.50 bits per heavy atom. The predicted octanol–water partition coefficient (Wildman–Crippen LogP) is 4.18. The number of halogens is 3. The van der Waals surface area contributed by atoms with Gasteiger partial charge >= 0.3 is 6.18 Å². The van der Waals surface area contributed by atoms with E-state index in [0.717, 1.165) is 37.6 Å². The molecular formula is C21H22F3N3O. The van der Waals surface area contributed by atoms with E-state index in [9.17, 15) is 18.3 Å². The molecule has 1 aliphatic carbocycles. The zero-order valence-electron chi connectivity index (χ0n) is 15.4. The average molecular weight is 389 g/mol. The summed E-state index contributed by atoms with van der Waals surface area (Å²) in [4.78, 5) is 9.71. The third-order valence-electron chi connectivity index (χ3n) is 6.11. The van der Waals surface area contributed by atoms with E-state index < -0.39 is 17.5 Å². The summed E-state index contributed by atoms with van der Waals surface area (Å²) in [6, 6.07) is 6.21. The van der Waals surface area contributed by atoms with Crippen LogP contribution in [0.5, 0.6) is 0 Å². The maximum absolute atomic E-state index is 12.6. The Morgan fingerprint density at radius 1 is 1.21 bits per heavy atom. The molecule has 28 heavy (non-hydrogen) atoms. The van der Waals surface area contributed by atoms with Crippen LogP contribution in [0.3, 0.4) is 0 Å². The molecule has 1 saturated carbocycles. The first-order chi connectivity index (χ1) is 13.3. The standard InChI is InChI=1S/C21H22F3N3O/c1-2-7-20(28,15-4-3-8-25-11-15)16-9-19(10-16)13-27(14-19)17-5-6-18(26-12-17)21(22,23)24/h2-6,8,11-12,16,28H,1,7,9-10,13-14H2. The quantitative estimate of drug-likeness (QED) is 0.780. The Labute approximate surface area is 161 Å². The number of hydrogen-bond acceptors (Lipinski definition) is 4. The van der Waals surface area contributed by atoms with Gasteiger partial charge in [0.1, 0.15) is 5.69 Å². The molecule has 2 fully saturated rings. The van der Waals surface area contributed by atoms with Crippen molar-refractivity contribution in [3.05, 3.63) is 66.8 Å². The Balaban J connectivity index is 1.40. The molecule has 0 radical (unpaired) electrons. The molecule has 148 valence electrons. The van der Waals surface area contributed by atoms with Crippen molar-refractivity contribution >= 4 is 5.69 Å². The van der Waals surface area contributed by atoms with E-state index in [1.54, 1.807) is 18.5 Å². The van der Waals surface area contributed by atoms with Gasteiger partial charge in [-0.1, -0.05) is 12.1 Å². The topological polar surface area (TPSA) is 49.3 Å². The number of hydrogen-bond donors (Lipinski definition) is 1. The Kier molecular flexibility index (Phi) is 4.45. The van der Waals surface area contributed by atoms with Crippen LogP contribution in [-0.4, -0.2) is 28.2 Å². The molecular weight excluding hydrogens is 367 g/mol. The van der Waals surface area contributed by atoms with Gasteiger partial charge < -0.3 is 10.0 Å². The molecule has 2 aromatic heterocycles. The first kappa shape index (κ1) is 18.9. The minimum atomic E-state index is -4.42. The number of aliphatic hydroxyl groups is 1. The maximum Gasteiger partial charge on any atom is 0.433 e. The Morgan fingerprint density at radius 2 is 1.96 bits per heavy atom. The lowest BCUT2D eigenvalue weighted by Gasteiger charge is -2.62. The number of anilines is 1. The fourth-order valence-corrected chi connectivity index (χ4v) is 4.63. The van der Waals surface area contributed by atoms with Gasteiger partial charge in [0.15, 0.2) is 0 Å². The van der Waals surface area contributed by atoms with Crippen molar-refractivity contribution in [3.63, 3.8) is 0 Å². The van der Waals surface area contributed by atoms with Crippen LogP contribution in [-0.2, 0) is 11.8 Å². The molecule has 1 spiro atoms. The molecule has 0 bridgehead atoms. The molecule has 2 aromatic rings. The van der Waals surface area contributed by atoms with Crippen molar-refractivity contribution in [2.24, 2.45) is 11.3 Å². The van der Waals surface area contributed by atoms with Crippen molar-refractivity contribution in [1.82, 2.24) is 9.97 Å². The van der Waals surface area contributed by atoms with Gasteiger partial charge in [0.2, 0.25) is 0 Å². The van der Waals surface area contributed by atoms with Gasteiger partial charge in [0.25, 0.3) is 0 Å². The molecule has 1 saturated heterocycles. The minimum Gasteiger partial charge on any atom is -0.384 e. The van der Waals surface area contributed by atoms with Crippen LogP contribution in [0.1, 0.15) is 30.5 Å². The highest BCUT2D eigenvalue weighted by molar-refractivity contribution is 5.49. The van der Waals surface area contributed by atoms with Crippen molar-refractivity contribution < 1.29 is 18.3 Å². The lowest BCUT2D eigenvalue weighted by Crippen LogP contribution is -2.65. The van der Waals surface area contributed by atoms with Crippen LogP contribution in [0.15, 0.2) is 55.5 Å². The van der Waals surface area contributed by atoms with E-state index in [4.69, 9.17) is 0 Å². The lowest BCUT2D eigenvalue weighted by molar-refractivity contribution is -0.141. The largest absolute Gasteiger partial charge is 0.433 e. The SMILES string of the molecule is C=CCC(O)(c1cccnc1)C1CC2(C1)CN(c1ccc(C(F)(F)F)nc1)C2. The molecule has 1 aliphatic heterocycles. The van der Waals surface area contributed by atoms with E-state index in [-0.39, 0.29) is 11.3 Å². The number of pyridine rings is 2. The van der Waals surface area contributed by atoms with Gasteiger partial charge in [0.05, 0.1) is 17.5 Å². The molecule has 3 heterocycles. The van der Waals surface area contributed by atoms with E-state index in [1.165, 1.54) is 12.3 Å². The average Bonchev–Trinajstić information content (AvgIpc) is 2.60. The maximum atomic E-state index is 12.6. The number of alkyl halides is 3. The highest BCUT2D eigenvalue weighted by Gasteiger charge is 2.58. The molecule has 0 aromatic carbocycles. The highest BCUT2D eigenvalue weighted by Crippen LogP contribution is 2.58. The van der Waals surface area contributed by atoms with E-state index in [0.29, 0.717) is 12.1 Å². The first-order valence-corrected chi connectivity index (χ1v) is 9.28. The van der Waals surface area contributed by atoms with Crippen LogP contribution in [0.4, 0.5) is 18.9 Å². The van der Waals surface area contributed by atoms with Gasteiger partial charge in [-0.2, -0.15) is 13.2 Å². The second-order valence-corrected chi connectivity index (χ2v) is 8.02. The lowest BCUT2D eigenvalue weighted by atomic mass is 9.52. The number of nitrogens with zero attached hydrogens (tertiary/aromatic N) is 3. The second-order valence-electron chi connectivity index (χ2n) is 8.02. The fraction of sp³-hybridized carbons (Fsp3) is 0.429. The van der Waals surface area contributed by atoms with Crippen LogP contribution in [0.2, 0.25) is 0 Å². The summed E-state index contributed by atoms with van der Waals surface area (Å²) < 4.78 is 37.9. The van der Waals surface area contributed by atoms with Crippen LogP contribution < -0.4 is 4.90 Å². The van der Waals surface area contributed by atoms with Crippen molar-refractivity contribution in [2.45, 2.75) is 31.0 Å². The summed E-state index contributed by atoms with van der Waals surface area (Å²) in [7, 11) is 0. The summed E-state index contributed by atoms with van der Waals surface area (Å²) in [5, 5.41) is 11.3. The van der Waals surface area contributed by atoms with Gasteiger partial charge in [-0.3, -0.25) is 4.98 Å². The van der Waals surface area contributed by atoms with Gasteiger partial charge in [0, 0.05) is 36.5 Å². The summed E-state index contributed by atoms with van der Waals surface area (Å²) in [5.74, 6) is 0.114. The first-order valence-electron chi connectivity index (χ1n) is 9.28. The van der Waals surface area contributed by atoms with Crippen molar-refractivity contribution in [3.8, 4) is 0 Å². The molecule has 1 unspecified atom stereocenters. The summed E-state index contributed by atoms with van der Waals surface area (Å²) in [6.07, 6.45) is 4.20. The number of rotatable bonds is 5. The van der Waals surface area contributed by atoms with E-state index >= 15 is 0 Å². The summed E-state index contributed by atoms with van der Waals surface area (Å²) in [6.45, 7) is 5.33. The van der Waals surface area contributed by atoms with E-state index in [2.05, 4.69) is 16.5 Å². The third kappa shape index (κ3) is 3.17.